The molecule has 0 radical (unpaired) electrons. The number of unbranched alkanes of at least 4 members (excludes halogenated alkanes) is 2. The minimum atomic E-state index is -0.712. The van der Waals surface area contributed by atoms with Gasteiger partial charge in [-0.15, -0.1) is 0 Å². The van der Waals surface area contributed by atoms with Gasteiger partial charge in [0.1, 0.15) is 0 Å². The van der Waals surface area contributed by atoms with E-state index >= 15 is 0 Å². The molecule has 0 aromatic heterocycles. The maximum Gasteiger partial charge on any atom is 0.163 e. The number of halogens is 2. The van der Waals surface area contributed by atoms with Gasteiger partial charge in [-0.3, -0.25) is 0 Å². The molecule has 0 amide bonds. The van der Waals surface area contributed by atoms with E-state index in [4.69, 9.17) is 0 Å². The Morgan fingerprint density at radius 2 is 1.79 bits per heavy atom. The average molecular weight is 269 g/mol. The standard InChI is InChI=1S/C16H25F2N/c1-4-6-7-8-14(19-11-5-2)13-10-9-12(3)15(17)16(13)18/h9-10,14,19H,4-8,11H2,1-3H3. The molecule has 3 heteroatoms. The van der Waals surface area contributed by atoms with Crippen LogP contribution in [0.5, 0.6) is 0 Å². The smallest absolute Gasteiger partial charge is 0.163 e. The van der Waals surface area contributed by atoms with E-state index in [1.807, 2.05) is 0 Å². The zero-order valence-electron chi connectivity index (χ0n) is 12.2. The van der Waals surface area contributed by atoms with Crippen LogP contribution in [-0.4, -0.2) is 6.54 Å². The van der Waals surface area contributed by atoms with Gasteiger partial charge < -0.3 is 5.32 Å². The Morgan fingerprint density at radius 1 is 1.05 bits per heavy atom. The summed E-state index contributed by atoms with van der Waals surface area (Å²) in [5.41, 5.74) is 0.830. The number of hydrogen-bond acceptors (Lipinski definition) is 1. The van der Waals surface area contributed by atoms with Crippen molar-refractivity contribution < 1.29 is 8.78 Å². The third-order valence-corrected chi connectivity index (χ3v) is 3.42. The van der Waals surface area contributed by atoms with Gasteiger partial charge in [-0.2, -0.15) is 0 Å². The highest BCUT2D eigenvalue weighted by Crippen LogP contribution is 2.25. The van der Waals surface area contributed by atoms with E-state index in [0.29, 0.717) is 11.1 Å². The molecule has 1 rings (SSSR count). The fourth-order valence-corrected chi connectivity index (χ4v) is 2.21. The van der Waals surface area contributed by atoms with Gasteiger partial charge in [0.05, 0.1) is 0 Å². The Bertz CT molecular complexity index is 391. The monoisotopic (exact) mass is 269 g/mol. The molecule has 0 bridgehead atoms. The molecule has 1 aromatic rings. The van der Waals surface area contributed by atoms with Crippen LogP contribution < -0.4 is 5.32 Å². The first-order valence-corrected chi connectivity index (χ1v) is 7.29. The van der Waals surface area contributed by atoms with Crippen LogP contribution in [0.15, 0.2) is 12.1 Å². The Labute approximate surface area is 115 Å². The van der Waals surface area contributed by atoms with Crippen molar-refractivity contribution in [2.75, 3.05) is 6.54 Å². The van der Waals surface area contributed by atoms with Gasteiger partial charge in [0.2, 0.25) is 0 Å². The molecule has 1 aromatic carbocycles. The molecular weight excluding hydrogens is 244 g/mol. The molecule has 1 unspecified atom stereocenters. The van der Waals surface area contributed by atoms with Crippen molar-refractivity contribution in [3.8, 4) is 0 Å². The van der Waals surface area contributed by atoms with Crippen LogP contribution >= 0.6 is 0 Å². The van der Waals surface area contributed by atoms with Crippen molar-refractivity contribution in [1.29, 1.82) is 0 Å². The van der Waals surface area contributed by atoms with Gasteiger partial charge in [-0.05, 0) is 31.9 Å². The zero-order valence-corrected chi connectivity index (χ0v) is 12.2. The molecular formula is C16H25F2N. The molecule has 0 aliphatic rings. The number of benzene rings is 1. The van der Waals surface area contributed by atoms with Crippen molar-refractivity contribution in [1.82, 2.24) is 5.32 Å². The summed E-state index contributed by atoms with van der Waals surface area (Å²) in [5, 5.41) is 3.33. The highest BCUT2D eigenvalue weighted by atomic mass is 19.2. The van der Waals surface area contributed by atoms with Gasteiger partial charge in [0, 0.05) is 11.6 Å². The van der Waals surface area contributed by atoms with Gasteiger partial charge in [0.25, 0.3) is 0 Å². The molecule has 0 spiro atoms. The van der Waals surface area contributed by atoms with Crippen LogP contribution in [0.1, 0.15) is 63.1 Å². The molecule has 108 valence electrons. The molecule has 0 fully saturated rings. The van der Waals surface area contributed by atoms with E-state index < -0.39 is 11.6 Å². The second kappa shape index (κ2) is 8.26. The normalized spacial score (nSPS) is 12.7. The van der Waals surface area contributed by atoms with Crippen molar-refractivity contribution in [3.63, 3.8) is 0 Å². The summed E-state index contributed by atoms with van der Waals surface area (Å²) in [6.07, 6.45) is 5.13. The summed E-state index contributed by atoms with van der Waals surface area (Å²) >= 11 is 0. The summed E-state index contributed by atoms with van der Waals surface area (Å²) in [7, 11) is 0. The second-order valence-corrected chi connectivity index (χ2v) is 5.10. The third-order valence-electron chi connectivity index (χ3n) is 3.42. The first-order valence-electron chi connectivity index (χ1n) is 7.29. The number of hydrogen-bond donors (Lipinski definition) is 1. The Hall–Kier alpha value is -0.960. The maximum absolute atomic E-state index is 14.0. The lowest BCUT2D eigenvalue weighted by Crippen LogP contribution is -2.23. The SMILES string of the molecule is CCCCCC(NCCC)c1ccc(C)c(F)c1F. The lowest BCUT2D eigenvalue weighted by Gasteiger charge is -2.20. The van der Waals surface area contributed by atoms with E-state index in [-0.39, 0.29) is 6.04 Å². The zero-order chi connectivity index (χ0) is 14.3. The second-order valence-electron chi connectivity index (χ2n) is 5.10. The molecule has 0 saturated heterocycles. The first-order chi connectivity index (χ1) is 9.11. The summed E-state index contributed by atoms with van der Waals surface area (Å²) in [4.78, 5) is 0. The van der Waals surface area contributed by atoms with Gasteiger partial charge >= 0.3 is 0 Å². The number of rotatable bonds is 8. The number of nitrogens with one attached hydrogen (secondary N) is 1. The Morgan fingerprint density at radius 3 is 2.42 bits per heavy atom. The molecule has 0 aliphatic carbocycles. The van der Waals surface area contributed by atoms with Crippen molar-refractivity contribution in [2.24, 2.45) is 0 Å². The van der Waals surface area contributed by atoms with Crippen LogP contribution in [0, 0.1) is 18.6 Å². The first kappa shape index (κ1) is 16.1. The van der Waals surface area contributed by atoms with Gasteiger partial charge in [-0.1, -0.05) is 45.2 Å². The quantitative estimate of drug-likeness (QED) is 0.662. The summed E-state index contributed by atoms with van der Waals surface area (Å²) in [6, 6.07) is 3.29. The Kier molecular flexibility index (Phi) is 7.00. The molecule has 0 aliphatic heterocycles. The molecule has 0 saturated carbocycles. The topological polar surface area (TPSA) is 12.0 Å². The van der Waals surface area contributed by atoms with Crippen molar-refractivity contribution in [3.05, 3.63) is 34.9 Å². The maximum atomic E-state index is 14.0. The lowest BCUT2D eigenvalue weighted by molar-refractivity contribution is 0.432. The summed E-state index contributed by atoms with van der Waals surface area (Å²) in [6.45, 7) is 6.63. The van der Waals surface area contributed by atoms with E-state index in [0.717, 1.165) is 38.6 Å². The fourth-order valence-electron chi connectivity index (χ4n) is 2.21. The van der Waals surface area contributed by atoms with E-state index in [9.17, 15) is 8.78 Å². The molecule has 1 atom stereocenters. The number of aryl methyl sites for hydroxylation is 1. The van der Waals surface area contributed by atoms with Crippen LogP contribution in [0.25, 0.3) is 0 Å². The minimum absolute atomic E-state index is 0.0819. The largest absolute Gasteiger partial charge is 0.310 e. The minimum Gasteiger partial charge on any atom is -0.310 e. The molecule has 1 nitrogen and oxygen atoms in total. The van der Waals surface area contributed by atoms with Crippen molar-refractivity contribution in [2.45, 2.75) is 58.9 Å². The van der Waals surface area contributed by atoms with Crippen LogP contribution in [-0.2, 0) is 0 Å². The van der Waals surface area contributed by atoms with Crippen LogP contribution in [0.3, 0.4) is 0 Å². The third kappa shape index (κ3) is 4.57. The molecule has 0 heterocycles. The van der Waals surface area contributed by atoms with E-state index in [1.54, 1.807) is 19.1 Å². The molecule has 1 N–H and O–H groups in total. The highest BCUT2D eigenvalue weighted by molar-refractivity contribution is 5.27. The average Bonchev–Trinajstić information content (AvgIpc) is 2.41. The Balaban J connectivity index is 2.86. The lowest BCUT2D eigenvalue weighted by atomic mass is 9.98. The van der Waals surface area contributed by atoms with Crippen LogP contribution in [0.4, 0.5) is 8.78 Å². The van der Waals surface area contributed by atoms with E-state index in [1.165, 1.54) is 0 Å². The van der Waals surface area contributed by atoms with Crippen molar-refractivity contribution >= 4 is 0 Å². The predicted molar refractivity (Wildman–Crippen MR) is 76.3 cm³/mol. The van der Waals surface area contributed by atoms with Crippen LogP contribution in [0.2, 0.25) is 0 Å². The van der Waals surface area contributed by atoms with Gasteiger partial charge in [-0.25, -0.2) is 8.78 Å². The van der Waals surface area contributed by atoms with E-state index in [2.05, 4.69) is 19.2 Å². The summed E-state index contributed by atoms with van der Waals surface area (Å²) < 4.78 is 27.7. The predicted octanol–water partition coefficient (Wildman–Crippen LogP) is 4.89. The molecule has 19 heavy (non-hydrogen) atoms. The highest BCUT2D eigenvalue weighted by Gasteiger charge is 2.18. The fraction of sp³-hybridized carbons (Fsp3) is 0.625. The summed E-state index contributed by atoms with van der Waals surface area (Å²) in [5.74, 6) is -1.40. The van der Waals surface area contributed by atoms with Gasteiger partial charge in [0.15, 0.2) is 11.6 Å².